The second-order valence-corrected chi connectivity index (χ2v) is 7.79. The highest BCUT2D eigenvalue weighted by atomic mass is 19.1. The molecule has 34 heavy (non-hydrogen) atoms. The minimum absolute atomic E-state index is 0.215. The lowest BCUT2D eigenvalue weighted by molar-refractivity contribution is 0.0964. The summed E-state index contributed by atoms with van der Waals surface area (Å²) in [6.07, 6.45) is 3.34. The number of hydrogen-bond acceptors (Lipinski definition) is 5. The third kappa shape index (κ3) is 3.99. The number of pyridine rings is 2. The third-order valence-electron chi connectivity index (χ3n) is 5.51. The number of amides is 1. The van der Waals surface area contributed by atoms with Gasteiger partial charge < -0.3 is 10.6 Å². The maximum absolute atomic E-state index is 14.1. The van der Waals surface area contributed by atoms with Crippen molar-refractivity contribution in [2.75, 3.05) is 12.4 Å². The minimum Gasteiger partial charge on any atom is -0.364 e. The summed E-state index contributed by atoms with van der Waals surface area (Å²) in [7, 11) is 1.59. The highest BCUT2D eigenvalue weighted by molar-refractivity contribution is 6.01. The van der Waals surface area contributed by atoms with Crippen molar-refractivity contribution >= 4 is 17.2 Å². The Labute approximate surface area is 195 Å². The average molecular weight is 455 g/mol. The van der Waals surface area contributed by atoms with E-state index < -0.39 is 0 Å². The molecule has 0 saturated heterocycles. The van der Waals surface area contributed by atoms with Crippen molar-refractivity contribution in [3.8, 4) is 17.1 Å². The Hall–Kier alpha value is -4.53. The predicted molar refractivity (Wildman–Crippen MR) is 127 cm³/mol. The Morgan fingerprint density at radius 1 is 1.09 bits per heavy atom. The number of carbonyl (C=O) groups excluding carboxylic acids is 1. The quantitative estimate of drug-likeness (QED) is 0.404. The van der Waals surface area contributed by atoms with Gasteiger partial charge in [0.25, 0.3) is 5.91 Å². The van der Waals surface area contributed by atoms with Crippen LogP contribution in [0.25, 0.3) is 22.6 Å². The van der Waals surface area contributed by atoms with Gasteiger partial charge in [0.15, 0.2) is 5.82 Å². The minimum atomic E-state index is -0.275. The molecular weight excluding hydrogens is 433 g/mol. The van der Waals surface area contributed by atoms with E-state index in [9.17, 15) is 9.18 Å². The van der Waals surface area contributed by atoms with Crippen LogP contribution in [-0.4, -0.2) is 37.3 Å². The van der Waals surface area contributed by atoms with Crippen molar-refractivity contribution in [1.29, 1.82) is 0 Å². The molecule has 4 heterocycles. The highest BCUT2D eigenvalue weighted by Crippen LogP contribution is 2.28. The number of benzene rings is 1. The largest absolute Gasteiger partial charge is 0.364 e. The molecule has 9 heteroatoms. The molecule has 1 aromatic carbocycles. The van der Waals surface area contributed by atoms with Crippen LogP contribution < -0.4 is 10.6 Å². The van der Waals surface area contributed by atoms with E-state index >= 15 is 0 Å². The summed E-state index contributed by atoms with van der Waals surface area (Å²) in [5.74, 6) is 0.728. The van der Waals surface area contributed by atoms with Crippen molar-refractivity contribution < 1.29 is 9.18 Å². The van der Waals surface area contributed by atoms with Crippen LogP contribution in [0.15, 0.2) is 73.1 Å². The van der Waals surface area contributed by atoms with Gasteiger partial charge >= 0.3 is 0 Å². The van der Waals surface area contributed by atoms with Crippen LogP contribution in [0, 0.1) is 12.7 Å². The van der Waals surface area contributed by atoms with Gasteiger partial charge in [-0.2, -0.15) is 5.10 Å². The number of rotatable bonds is 6. The molecule has 5 aromatic rings. The molecule has 2 N–H and O–H groups in total. The molecule has 0 aliphatic carbocycles. The van der Waals surface area contributed by atoms with E-state index in [4.69, 9.17) is 5.10 Å². The number of fused-ring (bicyclic) bond motifs is 1. The number of carbonyl (C=O) groups is 1. The normalized spacial score (nSPS) is 11.0. The van der Waals surface area contributed by atoms with Crippen molar-refractivity contribution in [2.45, 2.75) is 13.5 Å². The molecule has 0 saturated carbocycles. The molecule has 0 atom stereocenters. The van der Waals surface area contributed by atoms with Crippen molar-refractivity contribution in [1.82, 2.24) is 29.7 Å². The summed E-state index contributed by atoms with van der Waals surface area (Å²) >= 11 is 0. The summed E-state index contributed by atoms with van der Waals surface area (Å²) < 4.78 is 17.5. The number of aryl methyl sites for hydroxylation is 1. The molecule has 0 aliphatic rings. The molecule has 0 fully saturated rings. The summed E-state index contributed by atoms with van der Waals surface area (Å²) in [5, 5.41) is 14.8. The van der Waals surface area contributed by atoms with Crippen molar-refractivity contribution in [2.24, 2.45) is 0 Å². The number of nitrogens with zero attached hydrogens (tertiary/aromatic N) is 5. The standard InChI is InChI=1S/C25H22FN7O/c1-16-6-5-9-24(30-16)33-21(13-23(31-33)28-14-18-7-3-4-8-20(18)26)17-10-11-32-22(12-17)19(15-29-32)25(34)27-2/h3-13,15H,14H2,1-2H3,(H,27,34)(H,28,31). The van der Waals surface area contributed by atoms with Crippen molar-refractivity contribution in [3.05, 3.63) is 95.7 Å². The number of hydrogen-bond donors (Lipinski definition) is 2. The van der Waals surface area contributed by atoms with Gasteiger partial charge in [-0.15, -0.1) is 5.10 Å². The number of anilines is 1. The molecule has 0 spiro atoms. The number of aromatic nitrogens is 5. The second kappa shape index (κ2) is 8.78. The van der Waals surface area contributed by atoms with E-state index in [1.54, 1.807) is 46.8 Å². The maximum atomic E-state index is 14.1. The number of nitrogens with one attached hydrogen (secondary N) is 2. The molecule has 8 nitrogen and oxygen atoms in total. The van der Waals surface area contributed by atoms with E-state index in [0.29, 0.717) is 28.3 Å². The van der Waals surface area contributed by atoms with Gasteiger partial charge in [-0.1, -0.05) is 24.3 Å². The van der Waals surface area contributed by atoms with Gasteiger partial charge in [-0.25, -0.2) is 18.6 Å². The average Bonchev–Trinajstić information content (AvgIpc) is 3.47. The van der Waals surface area contributed by atoms with E-state index in [0.717, 1.165) is 17.0 Å². The Morgan fingerprint density at radius 3 is 2.74 bits per heavy atom. The van der Waals surface area contributed by atoms with Crippen LogP contribution in [-0.2, 0) is 6.54 Å². The van der Waals surface area contributed by atoms with Crippen LogP contribution in [0.5, 0.6) is 0 Å². The van der Waals surface area contributed by atoms with E-state index in [1.165, 1.54) is 6.07 Å². The van der Waals surface area contributed by atoms with Gasteiger partial charge in [0.2, 0.25) is 0 Å². The fraction of sp³-hybridized carbons (Fsp3) is 0.120. The first kappa shape index (κ1) is 21.3. The molecule has 0 radical (unpaired) electrons. The fourth-order valence-corrected chi connectivity index (χ4v) is 3.77. The van der Waals surface area contributed by atoms with Gasteiger partial charge in [0.1, 0.15) is 11.6 Å². The number of halogens is 1. The lowest BCUT2D eigenvalue weighted by atomic mass is 10.1. The van der Waals surface area contributed by atoms with Gasteiger partial charge in [0.05, 0.1) is 23.0 Å². The first-order valence-electron chi connectivity index (χ1n) is 10.7. The van der Waals surface area contributed by atoms with Crippen LogP contribution in [0.2, 0.25) is 0 Å². The predicted octanol–water partition coefficient (Wildman–Crippen LogP) is 4.00. The molecule has 0 unspecified atom stereocenters. The topological polar surface area (TPSA) is 89.1 Å². The zero-order valence-electron chi connectivity index (χ0n) is 18.7. The Morgan fingerprint density at radius 2 is 1.94 bits per heavy atom. The van der Waals surface area contributed by atoms with Gasteiger partial charge in [-0.05, 0) is 37.3 Å². The van der Waals surface area contributed by atoms with Crippen LogP contribution >= 0.6 is 0 Å². The smallest absolute Gasteiger partial charge is 0.254 e. The summed E-state index contributed by atoms with van der Waals surface area (Å²) in [6, 6.07) is 18.0. The lowest BCUT2D eigenvalue weighted by Crippen LogP contribution is -2.17. The molecule has 170 valence electrons. The molecule has 1 amide bonds. The first-order valence-corrected chi connectivity index (χ1v) is 10.7. The monoisotopic (exact) mass is 455 g/mol. The van der Waals surface area contributed by atoms with Crippen LogP contribution in [0.3, 0.4) is 0 Å². The SMILES string of the molecule is CNC(=O)c1cnn2ccc(-c3cc(NCc4ccccc4F)nn3-c3cccc(C)n3)cc12. The first-order chi connectivity index (χ1) is 16.5. The molecule has 0 aliphatic heterocycles. The van der Waals surface area contributed by atoms with E-state index in [-0.39, 0.29) is 18.3 Å². The fourth-order valence-electron chi connectivity index (χ4n) is 3.77. The van der Waals surface area contributed by atoms with E-state index in [2.05, 4.69) is 20.7 Å². The molecule has 5 rings (SSSR count). The van der Waals surface area contributed by atoms with Gasteiger partial charge in [0, 0.05) is 42.7 Å². The zero-order valence-corrected chi connectivity index (χ0v) is 18.7. The summed E-state index contributed by atoms with van der Waals surface area (Å²) in [5.41, 5.74) is 4.13. The van der Waals surface area contributed by atoms with Crippen LogP contribution in [0.1, 0.15) is 21.6 Å². The maximum Gasteiger partial charge on any atom is 0.254 e. The Balaban J connectivity index is 1.59. The molecular formula is C25H22FN7O. The van der Waals surface area contributed by atoms with Crippen molar-refractivity contribution in [3.63, 3.8) is 0 Å². The van der Waals surface area contributed by atoms with Crippen LogP contribution in [0.4, 0.5) is 10.2 Å². The molecule has 0 bridgehead atoms. The van der Waals surface area contributed by atoms with E-state index in [1.807, 2.05) is 43.3 Å². The molecule has 4 aromatic heterocycles. The summed E-state index contributed by atoms with van der Waals surface area (Å²) in [6.45, 7) is 2.20. The summed E-state index contributed by atoms with van der Waals surface area (Å²) in [4.78, 5) is 16.9. The van der Waals surface area contributed by atoms with Gasteiger partial charge in [-0.3, -0.25) is 4.79 Å². The Bertz CT molecular complexity index is 1500. The highest BCUT2D eigenvalue weighted by Gasteiger charge is 2.17. The lowest BCUT2D eigenvalue weighted by Gasteiger charge is -2.08. The second-order valence-electron chi connectivity index (χ2n) is 7.79. The third-order valence-corrected chi connectivity index (χ3v) is 5.51. The Kier molecular flexibility index (Phi) is 5.51. The zero-order chi connectivity index (χ0) is 23.7.